The van der Waals surface area contributed by atoms with E-state index in [4.69, 9.17) is 4.79 Å². The molecular weight excluding hydrogens is 211 g/mol. The Morgan fingerprint density at radius 2 is 1.80 bits per heavy atom. The summed E-state index contributed by atoms with van der Waals surface area (Å²) in [5, 5.41) is 3.37. The second-order valence-corrected chi connectivity index (χ2v) is 2.82. The van der Waals surface area contributed by atoms with E-state index in [-0.39, 0.29) is 12.0 Å². The van der Waals surface area contributed by atoms with Crippen molar-refractivity contribution in [1.82, 2.24) is 9.78 Å². The number of nitrogens with zero attached hydrogens (tertiary/aromatic N) is 2. The molecule has 0 aliphatic heterocycles. The summed E-state index contributed by atoms with van der Waals surface area (Å²) in [7, 11) is 1.50. The first kappa shape index (κ1) is 13.5. The number of aryl methyl sites for hydroxylation is 1. The van der Waals surface area contributed by atoms with Gasteiger partial charge in [0.2, 0.25) is 6.41 Å². The highest BCUT2D eigenvalue weighted by molar-refractivity contribution is 5.42. The summed E-state index contributed by atoms with van der Waals surface area (Å²) in [6, 6.07) is 0. The van der Waals surface area contributed by atoms with Gasteiger partial charge in [0.05, 0.1) is 0 Å². The van der Waals surface area contributed by atoms with Gasteiger partial charge in [-0.3, -0.25) is 9.48 Å². The van der Waals surface area contributed by atoms with Crippen LogP contribution in [0.2, 0.25) is 0 Å². The molecule has 0 saturated carbocycles. The molecule has 0 aliphatic rings. The van der Waals surface area contributed by atoms with Gasteiger partial charge in [-0.1, -0.05) is 0 Å². The Morgan fingerprint density at radius 3 is 1.93 bits per heavy atom. The minimum absolute atomic E-state index is 0.199. The fourth-order valence-electron chi connectivity index (χ4n) is 0.983. The molecule has 0 aliphatic carbocycles. The molecule has 1 amide bonds. The summed E-state index contributed by atoms with van der Waals surface area (Å²) >= 11 is 0. The van der Waals surface area contributed by atoms with Crippen molar-refractivity contribution in [2.24, 2.45) is 12.8 Å². The third-order valence-electron chi connectivity index (χ3n) is 1.90. The van der Waals surface area contributed by atoms with E-state index >= 15 is 0 Å². The third kappa shape index (κ3) is 3.26. The lowest BCUT2D eigenvalue weighted by Crippen LogP contribution is -2.08. The maximum atomic E-state index is 12.2. The molecule has 2 N–H and O–H groups in total. The summed E-state index contributed by atoms with van der Waals surface area (Å²) in [5.74, 6) is 0. The quantitative estimate of drug-likeness (QED) is 0.671. The smallest absolute Gasteiger partial charge is 0.372 e. The molecule has 0 unspecified atom stereocenters. The molecule has 15 heavy (non-hydrogen) atoms. The number of hydrogen-bond donors (Lipinski definition) is 1. The van der Waals surface area contributed by atoms with Crippen molar-refractivity contribution < 1.29 is 18.0 Å². The van der Waals surface area contributed by atoms with Crippen LogP contribution in [0.25, 0.3) is 0 Å². The number of primary amides is 1. The van der Waals surface area contributed by atoms with Gasteiger partial charge in [0.1, 0.15) is 0 Å². The van der Waals surface area contributed by atoms with Gasteiger partial charge < -0.3 is 5.73 Å². The molecule has 0 aromatic carbocycles. The van der Waals surface area contributed by atoms with Gasteiger partial charge in [0.15, 0.2) is 5.69 Å². The molecule has 0 bridgehead atoms. The molecular formula is C8H12F3N3O. The Kier molecular flexibility index (Phi) is 4.32. The van der Waals surface area contributed by atoms with Gasteiger partial charge in [-0.25, -0.2) is 0 Å². The molecule has 0 radical (unpaired) electrons. The van der Waals surface area contributed by atoms with Crippen LogP contribution in [0.5, 0.6) is 0 Å². The highest BCUT2D eigenvalue weighted by Crippen LogP contribution is 2.31. The lowest BCUT2D eigenvalue weighted by atomic mass is 10.2. The van der Waals surface area contributed by atoms with Gasteiger partial charge in [-0.05, 0) is 13.8 Å². The highest BCUT2D eigenvalue weighted by atomic mass is 19.4. The molecule has 0 fully saturated rings. The Labute approximate surface area is 84.9 Å². The fraction of sp³-hybridized carbons (Fsp3) is 0.500. The number of rotatable bonds is 0. The van der Waals surface area contributed by atoms with E-state index < -0.39 is 11.9 Å². The van der Waals surface area contributed by atoms with Crippen LogP contribution in [-0.2, 0) is 18.0 Å². The van der Waals surface area contributed by atoms with Crippen molar-refractivity contribution in [3.8, 4) is 0 Å². The normalized spacial score (nSPS) is 10.5. The zero-order valence-electron chi connectivity index (χ0n) is 8.59. The second kappa shape index (κ2) is 4.81. The van der Waals surface area contributed by atoms with Gasteiger partial charge in [0.25, 0.3) is 0 Å². The average Bonchev–Trinajstić information content (AvgIpc) is 2.33. The molecule has 4 nitrogen and oxygen atoms in total. The number of carbonyl (C=O) groups excluding carboxylic acids is 1. The van der Waals surface area contributed by atoms with Gasteiger partial charge in [0, 0.05) is 18.3 Å². The summed E-state index contributed by atoms with van der Waals surface area (Å²) in [5.41, 5.74) is 4.12. The van der Waals surface area contributed by atoms with E-state index in [1.807, 2.05) is 0 Å². The first-order valence-corrected chi connectivity index (χ1v) is 3.98. The predicted octanol–water partition coefficient (Wildman–Crippen LogP) is 1.16. The first-order chi connectivity index (χ1) is 6.75. The lowest BCUT2D eigenvalue weighted by Gasteiger charge is -2.01. The van der Waals surface area contributed by atoms with Crippen LogP contribution in [0.3, 0.4) is 0 Å². The van der Waals surface area contributed by atoms with Crippen molar-refractivity contribution in [2.45, 2.75) is 20.0 Å². The monoisotopic (exact) mass is 223 g/mol. The number of nitrogens with two attached hydrogens (primary N) is 1. The number of alkyl halides is 3. The van der Waals surface area contributed by atoms with E-state index in [2.05, 4.69) is 10.8 Å². The number of amides is 1. The Hall–Kier alpha value is -1.53. The van der Waals surface area contributed by atoms with Crippen LogP contribution in [0.1, 0.15) is 17.0 Å². The van der Waals surface area contributed by atoms with Gasteiger partial charge in [-0.2, -0.15) is 18.3 Å². The number of aromatic nitrogens is 2. The van der Waals surface area contributed by atoms with Crippen molar-refractivity contribution in [3.63, 3.8) is 0 Å². The third-order valence-corrected chi connectivity index (χ3v) is 1.90. The highest BCUT2D eigenvalue weighted by Gasteiger charge is 2.36. The molecule has 86 valence electrons. The maximum Gasteiger partial charge on any atom is 0.435 e. The largest absolute Gasteiger partial charge is 0.435 e. The Balaban J connectivity index is 0.000000583. The van der Waals surface area contributed by atoms with E-state index in [0.29, 0.717) is 5.69 Å². The van der Waals surface area contributed by atoms with E-state index in [0.717, 1.165) is 0 Å². The maximum absolute atomic E-state index is 12.2. The second-order valence-electron chi connectivity index (χ2n) is 2.82. The summed E-state index contributed by atoms with van der Waals surface area (Å²) < 4.78 is 37.7. The van der Waals surface area contributed by atoms with E-state index in [1.54, 1.807) is 6.92 Å². The minimum atomic E-state index is -4.34. The molecule has 7 heteroatoms. The molecule has 1 rings (SSSR count). The van der Waals surface area contributed by atoms with Gasteiger partial charge in [-0.15, -0.1) is 0 Å². The van der Waals surface area contributed by atoms with Crippen LogP contribution < -0.4 is 5.73 Å². The standard InChI is InChI=1S/C7H9F3N2.CH3NO/c1-4-5(2)12(3)11-6(4)7(8,9)10;2-1-3/h1-3H3;1H,(H2,2,3). The zero-order valence-corrected chi connectivity index (χ0v) is 8.59. The Morgan fingerprint density at radius 1 is 1.40 bits per heavy atom. The summed E-state index contributed by atoms with van der Waals surface area (Å²) in [6.07, 6.45) is -4.09. The molecule has 0 saturated heterocycles. The topological polar surface area (TPSA) is 60.9 Å². The van der Waals surface area contributed by atoms with E-state index in [9.17, 15) is 13.2 Å². The van der Waals surface area contributed by atoms with Crippen molar-refractivity contribution >= 4 is 6.41 Å². The molecule has 1 heterocycles. The molecule has 1 aromatic heterocycles. The number of hydrogen-bond acceptors (Lipinski definition) is 2. The van der Waals surface area contributed by atoms with Crippen LogP contribution >= 0.6 is 0 Å². The average molecular weight is 223 g/mol. The van der Waals surface area contributed by atoms with Crippen LogP contribution in [-0.4, -0.2) is 16.2 Å². The minimum Gasteiger partial charge on any atom is -0.372 e. The van der Waals surface area contributed by atoms with Crippen LogP contribution in [0.15, 0.2) is 0 Å². The van der Waals surface area contributed by atoms with Crippen LogP contribution in [0.4, 0.5) is 13.2 Å². The fourth-order valence-corrected chi connectivity index (χ4v) is 0.983. The number of carbonyl (C=O) groups is 1. The number of halogens is 3. The van der Waals surface area contributed by atoms with Crippen molar-refractivity contribution in [1.29, 1.82) is 0 Å². The Bertz CT molecular complexity index is 344. The van der Waals surface area contributed by atoms with Crippen molar-refractivity contribution in [2.75, 3.05) is 0 Å². The lowest BCUT2D eigenvalue weighted by molar-refractivity contribution is -0.141. The molecule has 0 atom stereocenters. The summed E-state index contributed by atoms with van der Waals surface area (Å²) in [6.45, 7) is 3.03. The molecule has 1 aromatic rings. The predicted molar refractivity (Wildman–Crippen MR) is 47.9 cm³/mol. The van der Waals surface area contributed by atoms with Gasteiger partial charge >= 0.3 is 6.18 Å². The van der Waals surface area contributed by atoms with E-state index in [1.165, 1.54) is 18.7 Å². The zero-order chi connectivity index (χ0) is 12.2. The summed E-state index contributed by atoms with van der Waals surface area (Å²) in [4.78, 5) is 8.58. The SMILES string of the molecule is Cc1c(C(F)(F)F)nn(C)c1C.NC=O. The molecule has 0 spiro atoms. The first-order valence-electron chi connectivity index (χ1n) is 3.98. The van der Waals surface area contributed by atoms with Crippen LogP contribution in [0, 0.1) is 13.8 Å². The van der Waals surface area contributed by atoms with Crippen molar-refractivity contribution in [3.05, 3.63) is 17.0 Å².